The third kappa shape index (κ3) is 4.88. The van der Waals surface area contributed by atoms with Crippen molar-refractivity contribution < 1.29 is 4.79 Å². The molecule has 4 heteroatoms. The summed E-state index contributed by atoms with van der Waals surface area (Å²) in [6.45, 7) is 6.24. The highest BCUT2D eigenvalue weighted by Crippen LogP contribution is 2.14. The quantitative estimate of drug-likeness (QED) is 0.638. The number of amides is 1. The Morgan fingerprint density at radius 3 is 2.67 bits per heavy atom. The highest BCUT2D eigenvalue weighted by molar-refractivity contribution is 6.33. The molecule has 0 aliphatic rings. The summed E-state index contributed by atoms with van der Waals surface area (Å²) < 4.78 is 0. The second kappa shape index (κ2) is 7.17. The first kappa shape index (κ1) is 14.7. The molecule has 0 aliphatic carbocycles. The van der Waals surface area contributed by atoms with E-state index in [9.17, 15) is 4.79 Å². The van der Waals surface area contributed by atoms with Crippen LogP contribution in [-0.4, -0.2) is 11.6 Å². The summed E-state index contributed by atoms with van der Waals surface area (Å²) in [6, 6.07) is 6.93. The van der Waals surface area contributed by atoms with E-state index < -0.39 is 0 Å². The Morgan fingerprint density at radius 1 is 1.39 bits per heavy atom. The Morgan fingerprint density at radius 2 is 2.06 bits per heavy atom. The van der Waals surface area contributed by atoms with Crippen LogP contribution in [0.25, 0.3) is 0 Å². The second-order valence-electron chi connectivity index (χ2n) is 4.70. The molecule has 1 rings (SSSR count). The highest BCUT2D eigenvalue weighted by Gasteiger charge is 2.08. The minimum absolute atomic E-state index is 0.274. The van der Waals surface area contributed by atoms with Crippen molar-refractivity contribution in [1.82, 2.24) is 5.43 Å². The van der Waals surface area contributed by atoms with E-state index in [2.05, 4.69) is 24.4 Å². The Hall–Kier alpha value is -1.35. The van der Waals surface area contributed by atoms with Crippen LogP contribution in [0, 0.1) is 5.92 Å². The van der Waals surface area contributed by atoms with Gasteiger partial charge >= 0.3 is 0 Å². The molecule has 3 nitrogen and oxygen atoms in total. The fourth-order valence-corrected chi connectivity index (χ4v) is 1.63. The van der Waals surface area contributed by atoms with Gasteiger partial charge in [0.05, 0.1) is 10.6 Å². The summed E-state index contributed by atoms with van der Waals surface area (Å²) in [5.74, 6) is 0.360. The lowest BCUT2D eigenvalue weighted by atomic mass is 10.1. The lowest BCUT2D eigenvalue weighted by molar-refractivity contribution is 0.0955. The van der Waals surface area contributed by atoms with Crippen molar-refractivity contribution in [3.05, 3.63) is 34.9 Å². The van der Waals surface area contributed by atoms with Gasteiger partial charge < -0.3 is 0 Å². The minimum atomic E-state index is -0.274. The van der Waals surface area contributed by atoms with E-state index in [1.807, 2.05) is 6.92 Å². The van der Waals surface area contributed by atoms with Crippen LogP contribution in [0.5, 0.6) is 0 Å². The fourth-order valence-electron chi connectivity index (χ4n) is 1.41. The van der Waals surface area contributed by atoms with Gasteiger partial charge in [-0.2, -0.15) is 5.10 Å². The number of hydrazone groups is 1. The van der Waals surface area contributed by atoms with Gasteiger partial charge in [-0.1, -0.05) is 37.6 Å². The predicted molar refractivity (Wildman–Crippen MR) is 76.1 cm³/mol. The number of carbonyl (C=O) groups is 1. The van der Waals surface area contributed by atoms with Gasteiger partial charge in [0.2, 0.25) is 0 Å². The van der Waals surface area contributed by atoms with Gasteiger partial charge in [0.15, 0.2) is 0 Å². The zero-order chi connectivity index (χ0) is 13.5. The van der Waals surface area contributed by atoms with Crippen LogP contribution in [0.15, 0.2) is 29.4 Å². The van der Waals surface area contributed by atoms with Crippen molar-refractivity contribution in [2.24, 2.45) is 11.0 Å². The molecule has 1 N–H and O–H groups in total. The first-order chi connectivity index (χ1) is 8.50. The number of halogens is 1. The highest BCUT2D eigenvalue weighted by atomic mass is 35.5. The zero-order valence-electron chi connectivity index (χ0n) is 11.0. The van der Waals surface area contributed by atoms with Crippen LogP contribution in [0.1, 0.15) is 44.0 Å². The first-order valence-electron chi connectivity index (χ1n) is 6.08. The topological polar surface area (TPSA) is 41.5 Å². The second-order valence-corrected chi connectivity index (χ2v) is 5.11. The van der Waals surface area contributed by atoms with E-state index in [0.717, 1.165) is 18.6 Å². The smallest absolute Gasteiger partial charge is 0.267 e. The molecular formula is C14H19ClN2O. The van der Waals surface area contributed by atoms with Crippen LogP contribution in [0.2, 0.25) is 5.02 Å². The maximum atomic E-state index is 11.8. The van der Waals surface area contributed by atoms with Gasteiger partial charge in [0, 0.05) is 5.71 Å². The van der Waals surface area contributed by atoms with E-state index in [1.54, 1.807) is 24.3 Å². The number of hydrogen-bond acceptors (Lipinski definition) is 2. The first-order valence-corrected chi connectivity index (χ1v) is 6.46. The zero-order valence-corrected chi connectivity index (χ0v) is 11.8. The van der Waals surface area contributed by atoms with E-state index in [0.29, 0.717) is 16.5 Å². The van der Waals surface area contributed by atoms with E-state index >= 15 is 0 Å². The van der Waals surface area contributed by atoms with E-state index in [4.69, 9.17) is 11.6 Å². The molecule has 0 saturated carbocycles. The molecule has 0 radical (unpaired) electrons. The number of hydrogen-bond donors (Lipinski definition) is 1. The maximum absolute atomic E-state index is 11.8. The molecule has 0 unspecified atom stereocenters. The molecule has 0 bridgehead atoms. The van der Waals surface area contributed by atoms with Crippen molar-refractivity contribution in [3.8, 4) is 0 Å². The molecular weight excluding hydrogens is 248 g/mol. The summed E-state index contributed by atoms with van der Waals surface area (Å²) in [7, 11) is 0. The van der Waals surface area contributed by atoms with Crippen LogP contribution >= 0.6 is 11.6 Å². The van der Waals surface area contributed by atoms with Gasteiger partial charge in [0.1, 0.15) is 0 Å². The van der Waals surface area contributed by atoms with Crippen molar-refractivity contribution in [2.45, 2.75) is 33.6 Å². The number of benzene rings is 1. The van der Waals surface area contributed by atoms with Gasteiger partial charge in [-0.3, -0.25) is 4.79 Å². The summed E-state index contributed by atoms with van der Waals surface area (Å²) >= 11 is 5.93. The average molecular weight is 267 g/mol. The maximum Gasteiger partial charge on any atom is 0.272 e. The van der Waals surface area contributed by atoms with Crippen molar-refractivity contribution in [3.63, 3.8) is 0 Å². The Balaban J connectivity index is 2.56. The molecule has 98 valence electrons. The standard InChI is InChI=1S/C14H19ClN2O/c1-10(2)8-9-11(3)16-17-14(18)12-6-4-5-7-13(12)15/h4-7,10H,8-9H2,1-3H3,(H,17,18). The van der Waals surface area contributed by atoms with Gasteiger partial charge in [-0.05, 0) is 37.8 Å². The van der Waals surface area contributed by atoms with Crippen molar-refractivity contribution in [1.29, 1.82) is 0 Å². The fraction of sp³-hybridized carbons (Fsp3) is 0.429. The molecule has 18 heavy (non-hydrogen) atoms. The summed E-state index contributed by atoms with van der Waals surface area (Å²) in [5, 5.41) is 4.51. The number of carbonyl (C=O) groups excluding carboxylic acids is 1. The molecule has 0 heterocycles. The monoisotopic (exact) mass is 266 g/mol. The van der Waals surface area contributed by atoms with Crippen LogP contribution in [0.4, 0.5) is 0 Å². The van der Waals surface area contributed by atoms with E-state index in [1.165, 1.54) is 0 Å². The van der Waals surface area contributed by atoms with Gasteiger partial charge in [-0.25, -0.2) is 5.43 Å². The lowest BCUT2D eigenvalue weighted by Crippen LogP contribution is -2.19. The van der Waals surface area contributed by atoms with E-state index in [-0.39, 0.29) is 5.91 Å². The third-order valence-electron chi connectivity index (χ3n) is 2.55. The van der Waals surface area contributed by atoms with Crippen molar-refractivity contribution in [2.75, 3.05) is 0 Å². The predicted octanol–water partition coefficient (Wildman–Crippen LogP) is 3.88. The van der Waals surface area contributed by atoms with Crippen molar-refractivity contribution >= 4 is 23.2 Å². The van der Waals surface area contributed by atoms with Crippen LogP contribution < -0.4 is 5.43 Å². The molecule has 1 aromatic rings. The molecule has 0 saturated heterocycles. The Kier molecular flexibility index (Phi) is 5.86. The summed E-state index contributed by atoms with van der Waals surface area (Å²) in [4.78, 5) is 11.8. The lowest BCUT2D eigenvalue weighted by Gasteiger charge is -2.05. The summed E-state index contributed by atoms with van der Waals surface area (Å²) in [5.41, 5.74) is 3.89. The van der Waals surface area contributed by atoms with Crippen LogP contribution in [-0.2, 0) is 0 Å². The number of nitrogens with zero attached hydrogens (tertiary/aromatic N) is 1. The summed E-state index contributed by atoms with van der Waals surface area (Å²) in [6.07, 6.45) is 1.96. The molecule has 0 atom stereocenters. The molecule has 0 aromatic heterocycles. The Labute approximate surface area is 113 Å². The SMILES string of the molecule is CC(CCC(C)C)=NNC(=O)c1ccccc1Cl. The normalized spacial score (nSPS) is 11.7. The largest absolute Gasteiger partial charge is 0.272 e. The average Bonchev–Trinajstić information content (AvgIpc) is 2.34. The van der Waals surface area contributed by atoms with Crippen LogP contribution in [0.3, 0.4) is 0 Å². The minimum Gasteiger partial charge on any atom is -0.267 e. The van der Waals surface area contributed by atoms with Gasteiger partial charge in [-0.15, -0.1) is 0 Å². The van der Waals surface area contributed by atoms with Gasteiger partial charge in [0.25, 0.3) is 5.91 Å². The molecule has 0 aliphatic heterocycles. The number of rotatable bonds is 5. The molecule has 0 spiro atoms. The number of nitrogens with one attached hydrogen (secondary N) is 1. The molecule has 0 fully saturated rings. The Bertz CT molecular complexity index is 441. The molecule has 1 aromatic carbocycles. The molecule has 1 amide bonds. The third-order valence-corrected chi connectivity index (χ3v) is 2.88.